The zero-order valence-electron chi connectivity index (χ0n) is 13.5. The van der Waals surface area contributed by atoms with Crippen molar-refractivity contribution in [1.82, 2.24) is 19.5 Å². The smallest absolute Gasteiger partial charge is 0.272 e. The summed E-state index contributed by atoms with van der Waals surface area (Å²) in [6.45, 7) is 8.37. The van der Waals surface area contributed by atoms with Crippen LogP contribution >= 0.6 is 0 Å². The molecule has 0 aromatic carbocycles. The molecule has 118 valence electrons. The van der Waals surface area contributed by atoms with E-state index in [0.717, 1.165) is 25.1 Å². The van der Waals surface area contributed by atoms with Gasteiger partial charge in [-0.25, -0.2) is 9.50 Å². The lowest BCUT2D eigenvalue weighted by atomic mass is 9.94. The van der Waals surface area contributed by atoms with E-state index in [1.807, 2.05) is 31.7 Å². The fourth-order valence-electron chi connectivity index (χ4n) is 3.06. The fraction of sp³-hybridized carbons (Fsp3) is 0.562. The average Bonchev–Trinajstić information content (AvgIpc) is 3.01. The monoisotopic (exact) mass is 302 g/mol. The summed E-state index contributed by atoms with van der Waals surface area (Å²) in [6.07, 6.45) is 1.88. The highest BCUT2D eigenvalue weighted by atomic mass is 16.2. The first-order valence-corrected chi connectivity index (χ1v) is 7.68. The number of hydrogen-bond donors (Lipinski definition) is 1. The molecule has 0 spiro atoms. The number of amides is 1. The van der Waals surface area contributed by atoms with E-state index in [0.29, 0.717) is 11.3 Å². The maximum Gasteiger partial charge on any atom is 0.272 e. The minimum absolute atomic E-state index is 0.00636. The van der Waals surface area contributed by atoms with Crippen molar-refractivity contribution in [3.05, 3.63) is 33.9 Å². The summed E-state index contributed by atoms with van der Waals surface area (Å²) in [5.41, 5.74) is 1.66. The molecule has 3 rings (SSSR count). The molecule has 6 nitrogen and oxygen atoms in total. The Labute approximate surface area is 129 Å². The molecular formula is C16H22N4O2. The number of H-pyrrole nitrogens is 1. The molecule has 0 bridgehead atoms. The first-order chi connectivity index (χ1) is 10.3. The first kappa shape index (κ1) is 14.8. The van der Waals surface area contributed by atoms with Gasteiger partial charge in [-0.05, 0) is 19.8 Å². The predicted molar refractivity (Wildman–Crippen MR) is 83.7 cm³/mol. The summed E-state index contributed by atoms with van der Waals surface area (Å²) in [5.74, 6) is 0.144. The van der Waals surface area contributed by atoms with Crippen molar-refractivity contribution >= 4 is 11.6 Å². The molecule has 0 unspecified atom stereocenters. The van der Waals surface area contributed by atoms with Crippen molar-refractivity contribution < 1.29 is 4.79 Å². The van der Waals surface area contributed by atoms with Gasteiger partial charge in [-0.15, -0.1) is 0 Å². The molecule has 0 radical (unpaired) electrons. The average molecular weight is 302 g/mol. The van der Waals surface area contributed by atoms with Crippen LogP contribution in [0.1, 0.15) is 51.0 Å². The molecule has 0 aliphatic carbocycles. The van der Waals surface area contributed by atoms with Crippen molar-refractivity contribution in [1.29, 1.82) is 0 Å². The van der Waals surface area contributed by atoms with E-state index < -0.39 is 5.41 Å². The molecule has 2 aromatic rings. The number of carbonyl (C=O) groups excluding carboxylic acids is 1. The lowest BCUT2D eigenvalue weighted by Gasteiger charge is -2.30. The second kappa shape index (κ2) is 4.97. The lowest BCUT2D eigenvalue weighted by Crippen LogP contribution is -2.39. The summed E-state index contributed by atoms with van der Waals surface area (Å²) in [7, 11) is 0. The van der Waals surface area contributed by atoms with Crippen LogP contribution in [0.3, 0.4) is 0 Å². The van der Waals surface area contributed by atoms with Crippen LogP contribution < -0.4 is 5.56 Å². The second-order valence-corrected chi connectivity index (χ2v) is 7.05. The first-order valence-electron chi connectivity index (χ1n) is 7.68. The van der Waals surface area contributed by atoms with Gasteiger partial charge in [-0.3, -0.25) is 14.7 Å². The van der Waals surface area contributed by atoms with Gasteiger partial charge in [0.05, 0.1) is 11.7 Å². The van der Waals surface area contributed by atoms with Crippen molar-refractivity contribution in [2.45, 2.75) is 46.6 Å². The third-order valence-corrected chi connectivity index (χ3v) is 4.11. The number of carbonyl (C=O) groups is 1. The maximum absolute atomic E-state index is 12.6. The molecule has 1 aliphatic heterocycles. The van der Waals surface area contributed by atoms with Crippen LogP contribution in [0.15, 0.2) is 16.9 Å². The van der Waals surface area contributed by atoms with E-state index in [1.165, 1.54) is 10.6 Å². The Morgan fingerprint density at radius 3 is 2.77 bits per heavy atom. The highest BCUT2D eigenvalue weighted by Crippen LogP contribution is 2.34. The van der Waals surface area contributed by atoms with Crippen LogP contribution in [-0.4, -0.2) is 31.9 Å². The van der Waals surface area contributed by atoms with Crippen molar-refractivity contribution in [3.8, 4) is 0 Å². The number of fused-ring (bicyclic) bond motifs is 1. The number of aromatic amines is 1. The van der Waals surface area contributed by atoms with Gasteiger partial charge in [0.1, 0.15) is 0 Å². The summed E-state index contributed by atoms with van der Waals surface area (Å²) < 4.78 is 1.44. The van der Waals surface area contributed by atoms with Crippen LogP contribution in [0.2, 0.25) is 0 Å². The Balaban J connectivity index is 2.01. The number of hydrogen-bond acceptors (Lipinski definition) is 3. The molecule has 0 saturated carbocycles. The Morgan fingerprint density at radius 2 is 2.09 bits per heavy atom. The topological polar surface area (TPSA) is 70.5 Å². The largest absolute Gasteiger partial charge is 0.334 e. The number of nitrogens with one attached hydrogen (secondary N) is 1. The van der Waals surface area contributed by atoms with Crippen LogP contribution in [0.5, 0.6) is 0 Å². The molecule has 2 aromatic heterocycles. The van der Waals surface area contributed by atoms with Gasteiger partial charge in [0.15, 0.2) is 5.65 Å². The number of rotatable bonds is 1. The number of likely N-dealkylation sites (tertiary alicyclic amines) is 1. The number of aromatic nitrogens is 3. The molecule has 1 aliphatic rings. The third-order valence-electron chi connectivity index (χ3n) is 4.11. The van der Waals surface area contributed by atoms with Crippen LogP contribution in [0.25, 0.3) is 5.65 Å². The molecule has 22 heavy (non-hydrogen) atoms. The predicted octanol–water partition coefficient (Wildman–Crippen LogP) is 2.04. The Hall–Kier alpha value is -2.11. The Morgan fingerprint density at radius 1 is 1.36 bits per heavy atom. The van der Waals surface area contributed by atoms with Crippen molar-refractivity contribution in [2.75, 3.05) is 6.54 Å². The second-order valence-electron chi connectivity index (χ2n) is 7.05. The van der Waals surface area contributed by atoms with E-state index in [-0.39, 0.29) is 17.5 Å². The van der Waals surface area contributed by atoms with E-state index >= 15 is 0 Å². The van der Waals surface area contributed by atoms with Crippen molar-refractivity contribution in [3.63, 3.8) is 0 Å². The summed E-state index contributed by atoms with van der Waals surface area (Å²) >= 11 is 0. The van der Waals surface area contributed by atoms with Crippen molar-refractivity contribution in [2.24, 2.45) is 5.41 Å². The molecule has 6 heteroatoms. The lowest BCUT2D eigenvalue weighted by molar-refractivity contribution is -0.140. The summed E-state index contributed by atoms with van der Waals surface area (Å²) in [4.78, 5) is 30.9. The van der Waals surface area contributed by atoms with Gasteiger partial charge in [-0.2, -0.15) is 0 Å². The molecule has 1 amide bonds. The molecule has 1 saturated heterocycles. The van der Waals surface area contributed by atoms with E-state index in [1.54, 1.807) is 6.92 Å². The molecule has 1 atom stereocenters. The number of aryl methyl sites for hydroxylation is 1. The van der Waals surface area contributed by atoms with Gasteiger partial charge in [-0.1, -0.05) is 20.8 Å². The quantitative estimate of drug-likeness (QED) is 0.876. The molecule has 1 N–H and O–H groups in total. The fourth-order valence-corrected chi connectivity index (χ4v) is 3.06. The van der Waals surface area contributed by atoms with E-state index in [9.17, 15) is 9.59 Å². The third kappa shape index (κ3) is 2.42. The zero-order valence-corrected chi connectivity index (χ0v) is 13.5. The highest BCUT2D eigenvalue weighted by Gasteiger charge is 2.36. The van der Waals surface area contributed by atoms with E-state index in [2.05, 4.69) is 10.1 Å². The summed E-state index contributed by atoms with van der Waals surface area (Å²) in [6, 6.07) is 3.38. The van der Waals surface area contributed by atoms with Crippen LogP contribution in [0, 0.1) is 12.3 Å². The van der Waals surface area contributed by atoms with E-state index in [4.69, 9.17) is 0 Å². The van der Waals surface area contributed by atoms with Gasteiger partial charge in [0.25, 0.3) is 5.56 Å². The summed E-state index contributed by atoms with van der Waals surface area (Å²) in [5, 5.41) is 3.12. The Kier molecular flexibility index (Phi) is 3.34. The molecule has 3 heterocycles. The Bertz CT molecular complexity index is 782. The standard InChI is InChI=1S/C16H22N4O2/c1-10-8-14(21)20-13(17-10)9-11(18-20)12-6-5-7-19(12)15(22)16(2,3)4/h8-9,12,18H,5-7H2,1-4H3/t12-/m1/s1. The minimum atomic E-state index is -0.402. The van der Waals surface area contributed by atoms with Gasteiger partial charge >= 0.3 is 0 Å². The van der Waals surface area contributed by atoms with Crippen LogP contribution in [-0.2, 0) is 4.79 Å². The SMILES string of the molecule is Cc1cc(=O)n2[nH]c([C@H]3CCCN3C(=O)C(C)(C)C)cc2n1. The minimum Gasteiger partial charge on any atom is -0.334 e. The van der Waals surface area contributed by atoms with Gasteiger partial charge in [0.2, 0.25) is 5.91 Å². The highest BCUT2D eigenvalue weighted by molar-refractivity contribution is 5.82. The van der Waals surface area contributed by atoms with Gasteiger partial charge in [0, 0.05) is 29.8 Å². The zero-order chi connectivity index (χ0) is 16.1. The number of nitrogens with zero attached hydrogens (tertiary/aromatic N) is 3. The van der Waals surface area contributed by atoms with Gasteiger partial charge < -0.3 is 4.90 Å². The maximum atomic E-state index is 12.6. The molecule has 1 fully saturated rings. The molecular weight excluding hydrogens is 280 g/mol. The van der Waals surface area contributed by atoms with Crippen LogP contribution in [0.4, 0.5) is 0 Å². The normalized spacial score (nSPS) is 19.1.